The van der Waals surface area contributed by atoms with Gasteiger partial charge in [0.15, 0.2) is 0 Å². The van der Waals surface area contributed by atoms with Crippen molar-refractivity contribution in [1.29, 1.82) is 0 Å². The molecule has 15 heavy (non-hydrogen) atoms. The molecule has 0 saturated carbocycles. The lowest BCUT2D eigenvalue weighted by Crippen LogP contribution is -2.10. The second-order valence-corrected chi connectivity index (χ2v) is 3.58. The third kappa shape index (κ3) is 3.90. The molecule has 0 atom stereocenters. The lowest BCUT2D eigenvalue weighted by molar-refractivity contribution is 0.0388. The van der Waals surface area contributed by atoms with E-state index in [4.69, 9.17) is 21.1 Å². The molecule has 0 bridgehead atoms. The van der Waals surface area contributed by atoms with Crippen LogP contribution >= 0.6 is 11.6 Å². The summed E-state index contributed by atoms with van der Waals surface area (Å²) < 4.78 is 9.73. The van der Waals surface area contributed by atoms with Gasteiger partial charge in [-0.25, -0.2) is 4.79 Å². The monoisotopic (exact) mass is 228 g/mol. The van der Waals surface area contributed by atoms with Gasteiger partial charge >= 0.3 is 5.97 Å². The van der Waals surface area contributed by atoms with Crippen molar-refractivity contribution in [2.24, 2.45) is 0 Å². The van der Waals surface area contributed by atoms with E-state index in [1.807, 2.05) is 6.92 Å². The molecule has 0 aromatic heterocycles. The van der Waals surface area contributed by atoms with Gasteiger partial charge in [0, 0.05) is 12.1 Å². The van der Waals surface area contributed by atoms with E-state index in [-0.39, 0.29) is 12.6 Å². The van der Waals surface area contributed by atoms with Crippen LogP contribution in [0.3, 0.4) is 0 Å². The lowest BCUT2D eigenvalue weighted by atomic mass is 10.1. The van der Waals surface area contributed by atoms with Gasteiger partial charge in [0.2, 0.25) is 0 Å². The quantitative estimate of drug-likeness (QED) is 0.587. The lowest BCUT2D eigenvalue weighted by Gasteiger charge is -2.05. The molecule has 0 saturated heterocycles. The fourth-order valence-electron chi connectivity index (χ4n) is 1.16. The zero-order chi connectivity index (χ0) is 11.3. The molecule has 1 rings (SSSR count). The van der Waals surface area contributed by atoms with Crippen molar-refractivity contribution in [1.82, 2.24) is 0 Å². The summed E-state index contributed by atoms with van der Waals surface area (Å²) in [5, 5.41) is 0.536. The molecular formula is C11H13ClO3. The first-order valence-electron chi connectivity index (χ1n) is 4.56. The third-order valence-corrected chi connectivity index (χ3v) is 2.02. The minimum absolute atomic E-state index is 0.251. The highest BCUT2D eigenvalue weighted by atomic mass is 35.5. The molecule has 0 amide bonds. The Morgan fingerprint density at radius 2 is 2.07 bits per heavy atom. The summed E-state index contributed by atoms with van der Waals surface area (Å²) in [5.41, 5.74) is 1.40. The minimum atomic E-state index is -0.377. The number of hydrogen-bond acceptors (Lipinski definition) is 3. The fraction of sp³-hybridized carbons (Fsp3) is 0.364. The summed E-state index contributed by atoms with van der Waals surface area (Å²) in [6.07, 6.45) is 0. The molecule has 82 valence electrons. The van der Waals surface area contributed by atoms with Crippen LogP contribution in [0.25, 0.3) is 0 Å². The standard InChI is InChI=1S/C11H13ClO3/c1-8-5-9(7-10(12)6-8)11(13)15-4-3-14-2/h5-7H,3-4H2,1-2H3. The Kier molecular flexibility index (Phi) is 4.59. The Morgan fingerprint density at radius 3 is 2.67 bits per heavy atom. The average molecular weight is 229 g/mol. The first-order chi connectivity index (χ1) is 7.13. The molecule has 0 N–H and O–H groups in total. The SMILES string of the molecule is COCCOC(=O)c1cc(C)cc(Cl)c1. The molecule has 1 aromatic carbocycles. The van der Waals surface area contributed by atoms with Crippen LogP contribution in [-0.4, -0.2) is 26.3 Å². The zero-order valence-electron chi connectivity index (χ0n) is 8.75. The molecule has 0 fully saturated rings. The van der Waals surface area contributed by atoms with Crippen molar-refractivity contribution in [2.75, 3.05) is 20.3 Å². The highest BCUT2D eigenvalue weighted by Gasteiger charge is 2.08. The van der Waals surface area contributed by atoms with Crippen LogP contribution in [0.15, 0.2) is 18.2 Å². The van der Waals surface area contributed by atoms with Crippen molar-refractivity contribution < 1.29 is 14.3 Å². The molecule has 0 unspecified atom stereocenters. The molecule has 0 aliphatic heterocycles. The number of rotatable bonds is 4. The second-order valence-electron chi connectivity index (χ2n) is 3.15. The Labute approximate surface area is 93.9 Å². The molecule has 3 nitrogen and oxygen atoms in total. The predicted octanol–water partition coefficient (Wildman–Crippen LogP) is 2.45. The molecule has 0 heterocycles. The average Bonchev–Trinajstić information content (AvgIpc) is 2.16. The van der Waals surface area contributed by atoms with Crippen LogP contribution in [0.5, 0.6) is 0 Å². The van der Waals surface area contributed by atoms with Gasteiger partial charge in [-0.3, -0.25) is 0 Å². The summed E-state index contributed by atoms with van der Waals surface area (Å²) in [7, 11) is 1.55. The molecule has 4 heteroatoms. The van der Waals surface area contributed by atoms with Crippen molar-refractivity contribution in [3.63, 3.8) is 0 Å². The maximum atomic E-state index is 11.5. The summed E-state index contributed by atoms with van der Waals surface area (Å²) in [4.78, 5) is 11.5. The van der Waals surface area contributed by atoms with E-state index < -0.39 is 0 Å². The topological polar surface area (TPSA) is 35.5 Å². The van der Waals surface area contributed by atoms with Crippen LogP contribution in [0.2, 0.25) is 5.02 Å². The molecule has 0 aliphatic rings. The van der Waals surface area contributed by atoms with Crippen LogP contribution in [-0.2, 0) is 9.47 Å². The first kappa shape index (κ1) is 12.0. The molecule has 0 spiro atoms. The van der Waals surface area contributed by atoms with Gasteiger partial charge in [0.1, 0.15) is 6.61 Å². The number of carbonyl (C=O) groups is 1. The minimum Gasteiger partial charge on any atom is -0.460 e. The van der Waals surface area contributed by atoms with Crippen molar-refractivity contribution in [3.05, 3.63) is 34.3 Å². The van der Waals surface area contributed by atoms with Gasteiger partial charge in [-0.2, -0.15) is 0 Å². The number of methoxy groups -OCH3 is 1. The van der Waals surface area contributed by atoms with Crippen molar-refractivity contribution in [3.8, 4) is 0 Å². The highest BCUT2D eigenvalue weighted by Crippen LogP contribution is 2.15. The van der Waals surface area contributed by atoms with Crippen LogP contribution < -0.4 is 0 Å². The van der Waals surface area contributed by atoms with E-state index in [0.29, 0.717) is 17.2 Å². The van der Waals surface area contributed by atoms with Crippen LogP contribution in [0.4, 0.5) is 0 Å². The van der Waals surface area contributed by atoms with Crippen molar-refractivity contribution in [2.45, 2.75) is 6.92 Å². The number of carbonyl (C=O) groups excluding carboxylic acids is 1. The number of halogens is 1. The van der Waals surface area contributed by atoms with Crippen LogP contribution in [0, 0.1) is 6.92 Å². The van der Waals surface area contributed by atoms with E-state index in [0.717, 1.165) is 5.56 Å². The summed E-state index contributed by atoms with van der Waals surface area (Å²) >= 11 is 5.82. The van der Waals surface area contributed by atoms with E-state index in [9.17, 15) is 4.79 Å². The largest absolute Gasteiger partial charge is 0.460 e. The number of benzene rings is 1. The Hall–Kier alpha value is -1.06. The highest BCUT2D eigenvalue weighted by molar-refractivity contribution is 6.31. The zero-order valence-corrected chi connectivity index (χ0v) is 9.50. The number of ether oxygens (including phenoxy) is 2. The molecule has 0 radical (unpaired) electrons. The number of hydrogen-bond donors (Lipinski definition) is 0. The maximum Gasteiger partial charge on any atom is 0.338 e. The third-order valence-electron chi connectivity index (χ3n) is 1.80. The van der Waals surface area contributed by atoms with Crippen molar-refractivity contribution >= 4 is 17.6 Å². The molecule has 0 aliphatic carbocycles. The number of esters is 1. The van der Waals surface area contributed by atoms with E-state index >= 15 is 0 Å². The fourth-order valence-corrected chi connectivity index (χ4v) is 1.44. The Balaban J connectivity index is 2.65. The Bertz CT molecular complexity index is 329. The number of aryl methyl sites for hydroxylation is 1. The van der Waals surface area contributed by atoms with Gasteiger partial charge in [-0.15, -0.1) is 0 Å². The smallest absolute Gasteiger partial charge is 0.338 e. The molecule has 1 aromatic rings. The van der Waals surface area contributed by atoms with E-state index in [1.54, 1.807) is 25.3 Å². The Morgan fingerprint density at radius 1 is 1.33 bits per heavy atom. The van der Waals surface area contributed by atoms with E-state index in [1.165, 1.54) is 0 Å². The summed E-state index contributed by atoms with van der Waals surface area (Å²) in [6, 6.07) is 5.11. The van der Waals surface area contributed by atoms with Crippen LogP contribution in [0.1, 0.15) is 15.9 Å². The van der Waals surface area contributed by atoms with Gasteiger partial charge in [-0.05, 0) is 30.7 Å². The van der Waals surface area contributed by atoms with E-state index in [2.05, 4.69) is 0 Å². The predicted molar refractivity (Wildman–Crippen MR) is 58.3 cm³/mol. The maximum absolute atomic E-state index is 11.5. The first-order valence-corrected chi connectivity index (χ1v) is 4.94. The van der Waals surface area contributed by atoms with Gasteiger partial charge < -0.3 is 9.47 Å². The normalized spacial score (nSPS) is 10.1. The van der Waals surface area contributed by atoms with Gasteiger partial charge in [0.25, 0.3) is 0 Å². The summed E-state index contributed by atoms with van der Waals surface area (Å²) in [5.74, 6) is -0.377. The van der Waals surface area contributed by atoms with Gasteiger partial charge in [0.05, 0.1) is 12.2 Å². The summed E-state index contributed by atoms with van der Waals surface area (Å²) in [6.45, 7) is 2.52. The molecular weight excluding hydrogens is 216 g/mol. The van der Waals surface area contributed by atoms with Gasteiger partial charge in [-0.1, -0.05) is 11.6 Å². The second kappa shape index (κ2) is 5.73.